The molecule has 0 radical (unpaired) electrons. The number of aromatic nitrogens is 6. The summed E-state index contributed by atoms with van der Waals surface area (Å²) in [6.45, 7) is 1.92. The Bertz CT molecular complexity index is 786. The maximum Gasteiger partial charge on any atom is 0.286 e. The predicted octanol–water partition coefficient (Wildman–Crippen LogP) is 1.73. The third-order valence-corrected chi connectivity index (χ3v) is 3.67. The number of nitrogens with zero attached hydrogens (tertiary/aromatic N) is 6. The molecule has 0 saturated heterocycles. The Kier molecular flexibility index (Phi) is 3.59. The van der Waals surface area contributed by atoms with Gasteiger partial charge in [-0.15, -0.1) is 15.3 Å². The van der Waals surface area contributed by atoms with Crippen LogP contribution < -0.4 is 5.32 Å². The van der Waals surface area contributed by atoms with Crippen molar-refractivity contribution in [2.24, 2.45) is 0 Å². The van der Waals surface area contributed by atoms with E-state index in [1.165, 1.54) is 11.0 Å². The topological polar surface area (TPSA) is 98.5 Å². The lowest BCUT2D eigenvalue weighted by Gasteiger charge is -2.08. The van der Waals surface area contributed by atoms with Crippen molar-refractivity contribution >= 4 is 34.5 Å². The normalized spacial score (nSPS) is 10.6. The van der Waals surface area contributed by atoms with Crippen molar-refractivity contribution in [3.63, 3.8) is 0 Å². The summed E-state index contributed by atoms with van der Waals surface area (Å²) >= 11 is 6.67. The lowest BCUT2D eigenvalue weighted by Crippen LogP contribution is -2.12. The quantitative estimate of drug-likeness (QED) is 0.788. The second-order valence-electron chi connectivity index (χ2n) is 4.07. The maximum atomic E-state index is 12.0. The minimum absolute atomic E-state index is 0.199. The number of rotatable bonds is 3. The van der Waals surface area contributed by atoms with Crippen LogP contribution in [-0.2, 0) is 0 Å². The molecule has 2 aromatic heterocycles. The van der Waals surface area contributed by atoms with Crippen molar-refractivity contribution in [2.45, 2.75) is 6.92 Å². The van der Waals surface area contributed by atoms with Gasteiger partial charge in [0.1, 0.15) is 6.33 Å². The first-order chi connectivity index (χ1) is 10.1. The van der Waals surface area contributed by atoms with Crippen LogP contribution in [-0.4, -0.2) is 36.3 Å². The Morgan fingerprint density at radius 1 is 1.38 bits per heavy atom. The van der Waals surface area contributed by atoms with E-state index in [4.69, 9.17) is 11.6 Å². The Hall–Kier alpha value is -2.39. The second kappa shape index (κ2) is 5.54. The van der Waals surface area contributed by atoms with E-state index in [0.29, 0.717) is 5.69 Å². The molecule has 3 aromatic rings. The van der Waals surface area contributed by atoms with E-state index in [1.54, 1.807) is 12.1 Å². The van der Waals surface area contributed by atoms with E-state index in [1.807, 2.05) is 13.0 Å². The van der Waals surface area contributed by atoms with E-state index in [9.17, 15) is 4.79 Å². The first-order valence-corrected chi connectivity index (χ1v) is 6.97. The van der Waals surface area contributed by atoms with Crippen LogP contribution in [0.3, 0.4) is 0 Å². The molecule has 10 heteroatoms. The molecule has 8 nitrogen and oxygen atoms in total. The minimum Gasteiger partial charge on any atom is -0.320 e. The Balaban J connectivity index is 1.86. The molecule has 106 valence electrons. The van der Waals surface area contributed by atoms with Crippen molar-refractivity contribution < 1.29 is 4.79 Å². The second-order valence-corrected chi connectivity index (χ2v) is 5.63. The zero-order chi connectivity index (χ0) is 14.8. The molecule has 0 unspecified atom stereocenters. The summed E-state index contributed by atoms with van der Waals surface area (Å²) in [6, 6.07) is 5.41. The van der Waals surface area contributed by atoms with Gasteiger partial charge in [-0.25, -0.2) is 4.68 Å². The molecule has 0 spiro atoms. The molecule has 0 atom stereocenters. The molecule has 0 saturated carbocycles. The molecule has 3 rings (SSSR count). The molecular weight excluding hydrogens is 314 g/mol. The summed E-state index contributed by atoms with van der Waals surface area (Å²) in [4.78, 5) is 12.0. The number of carbonyl (C=O) groups is 1. The van der Waals surface area contributed by atoms with Gasteiger partial charge in [0.15, 0.2) is 0 Å². The van der Waals surface area contributed by atoms with Crippen LogP contribution in [0.2, 0.25) is 4.47 Å². The van der Waals surface area contributed by atoms with Crippen LogP contribution in [0.1, 0.15) is 15.4 Å². The van der Waals surface area contributed by atoms with Gasteiger partial charge in [0.2, 0.25) is 9.47 Å². The van der Waals surface area contributed by atoms with Crippen LogP contribution >= 0.6 is 22.9 Å². The fourth-order valence-corrected chi connectivity index (χ4v) is 2.41. The van der Waals surface area contributed by atoms with Gasteiger partial charge < -0.3 is 5.32 Å². The maximum absolute atomic E-state index is 12.0. The fourth-order valence-electron chi connectivity index (χ4n) is 1.69. The highest BCUT2D eigenvalue weighted by Crippen LogP contribution is 2.20. The molecule has 2 heterocycles. The third kappa shape index (κ3) is 2.88. The van der Waals surface area contributed by atoms with Crippen molar-refractivity contribution in [3.05, 3.63) is 39.6 Å². The van der Waals surface area contributed by atoms with Crippen molar-refractivity contribution in [3.8, 4) is 5.69 Å². The lowest BCUT2D eigenvalue weighted by molar-refractivity contribution is 0.102. The molecule has 0 bridgehead atoms. The first-order valence-electron chi connectivity index (χ1n) is 5.78. The summed E-state index contributed by atoms with van der Waals surface area (Å²) in [7, 11) is 0. The van der Waals surface area contributed by atoms with Crippen LogP contribution in [0.4, 0.5) is 5.69 Å². The van der Waals surface area contributed by atoms with Gasteiger partial charge in [-0.05, 0) is 46.6 Å². The Morgan fingerprint density at radius 3 is 2.90 bits per heavy atom. The van der Waals surface area contributed by atoms with E-state index in [2.05, 4.69) is 31.0 Å². The zero-order valence-corrected chi connectivity index (χ0v) is 12.3. The summed E-state index contributed by atoms with van der Waals surface area (Å²) in [5.41, 5.74) is 2.34. The van der Waals surface area contributed by atoms with Gasteiger partial charge >= 0.3 is 0 Å². The largest absolute Gasteiger partial charge is 0.320 e. The number of anilines is 1. The average molecular weight is 322 g/mol. The number of tetrazole rings is 1. The van der Waals surface area contributed by atoms with Gasteiger partial charge in [0.05, 0.1) is 5.69 Å². The number of benzene rings is 1. The number of hydrogen-bond donors (Lipinski definition) is 1. The Labute approximate surface area is 127 Å². The number of carbonyl (C=O) groups excluding carboxylic acids is 1. The average Bonchev–Trinajstić information content (AvgIpc) is 3.12. The zero-order valence-electron chi connectivity index (χ0n) is 10.7. The molecule has 0 fully saturated rings. The highest BCUT2D eigenvalue weighted by atomic mass is 35.5. The molecule has 0 aliphatic heterocycles. The molecular formula is C11H8ClN7OS. The van der Waals surface area contributed by atoms with Gasteiger partial charge in [-0.3, -0.25) is 4.79 Å². The minimum atomic E-state index is -0.370. The standard InChI is InChI=1S/C11H8ClN7OS/c1-6-2-3-7(4-8(6)19-5-13-17-18-19)14-9(20)10-15-16-11(12)21-10/h2-5H,1H3,(H,14,20). The fraction of sp³-hybridized carbons (Fsp3) is 0.0909. The molecule has 0 aliphatic rings. The van der Waals surface area contributed by atoms with Crippen LogP contribution in [0.15, 0.2) is 24.5 Å². The number of nitrogens with one attached hydrogen (secondary N) is 1. The van der Waals surface area contributed by atoms with Gasteiger partial charge in [0, 0.05) is 5.69 Å². The SMILES string of the molecule is Cc1ccc(NC(=O)c2nnc(Cl)s2)cc1-n1cnnn1. The van der Waals surface area contributed by atoms with E-state index < -0.39 is 0 Å². The number of aryl methyl sites for hydroxylation is 1. The first kappa shape index (κ1) is 13.6. The number of halogens is 1. The molecule has 1 N–H and O–H groups in total. The van der Waals surface area contributed by atoms with Crippen LogP contribution in [0.5, 0.6) is 0 Å². The lowest BCUT2D eigenvalue weighted by atomic mass is 10.2. The van der Waals surface area contributed by atoms with Crippen molar-refractivity contribution in [2.75, 3.05) is 5.32 Å². The number of amides is 1. The van der Waals surface area contributed by atoms with Crippen molar-refractivity contribution in [1.29, 1.82) is 0 Å². The molecule has 1 aromatic carbocycles. The smallest absolute Gasteiger partial charge is 0.286 e. The Morgan fingerprint density at radius 2 is 2.24 bits per heavy atom. The monoisotopic (exact) mass is 321 g/mol. The van der Waals surface area contributed by atoms with E-state index in [0.717, 1.165) is 22.6 Å². The molecule has 1 amide bonds. The van der Waals surface area contributed by atoms with E-state index in [-0.39, 0.29) is 15.4 Å². The van der Waals surface area contributed by atoms with Crippen molar-refractivity contribution in [1.82, 2.24) is 30.4 Å². The summed E-state index contributed by atoms with van der Waals surface area (Å²) in [6.07, 6.45) is 1.48. The summed E-state index contributed by atoms with van der Waals surface area (Å²) < 4.78 is 1.74. The highest BCUT2D eigenvalue weighted by molar-refractivity contribution is 7.17. The van der Waals surface area contributed by atoms with Crippen LogP contribution in [0.25, 0.3) is 5.69 Å². The summed E-state index contributed by atoms with van der Waals surface area (Å²) in [5.74, 6) is -0.370. The number of hydrogen-bond acceptors (Lipinski definition) is 7. The third-order valence-electron chi connectivity index (χ3n) is 2.66. The predicted molar refractivity (Wildman–Crippen MR) is 76.8 cm³/mol. The molecule has 21 heavy (non-hydrogen) atoms. The van der Waals surface area contributed by atoms with Gasteiger partial charge in [0.25, 0.3) is 5.91 Å². The van der Waals surface area contributed by atoms with Crippen LogP contribution in [0, 0.1) is 6.92 Å². The summed E-state index contributed by atoms with van der Waals surface area (Å²) in [5, 5.41) is 21.2. The van der Waals surface area contributed by atoms with Gasteiger partial charge in [-0.2, -0.15) is 0 Å². The molecule has 0 aliphatic carbocycles. The van der Waals surface area contributed by atoms with E-state index >= 15 is 0 Å². The highest BCUT2D eigenvalue weighted by Gasteiger charge is 2.13. The van der Waals surface area contributed by atoms with Gasteiger partial charge in [-0.1, -0.05) is 17.4 Å².